The molecule has 0 aliphatic rings. The summed E-state index contributed by atoms with van der Waals surface area (Å²) in [6, 6.07) is 5.97. The van der Waals surface area contributed by atoms with E-state index < -0.39 is 17.5 Å². The Labute approximate surface area is 116 Å². The largest absolute Gasteiger partial charge is 0.423 e. The maximum absolute atomic E-state index is 13.6. The van der Waals surface area contributed by atoms with Crippen LogP contribution in [0, 0.1) is 17.5 Å². The molecule has 1 N–H and O–H groups in total. The predicted octanol–water partition coefficient (Wildman–Crippen LogP) is 4.64. The molecule has 0 aliphatic heterocycles. The first-order valence-electron chi connectivity index (χ1n) is 5.51. The molecule has 3 aromatic rings. The first kappa shape index (κ1) is 12.8. The Morgan fingerprint density at radius 2 is 1.85 bits per heavy atom. The molecular formula is C13H6ClF3N2O. The highest BCUT2D eigenvalue weighted by atomic mass is 35.5. The highest BCUT2D eigenvalue weighted by Gasteiger charge is 2.15. The van der Waals surface area contributed by atoms with Crippen LogP contribution < -0.4 is 5.32 Å². The number of rotatable bonds is 2. The number of nitrogens with zero attached hydrogens (tertiary/aromatic N) is 1. The van der Waals surface area contributed by atoms with Crippen LogP contribution in [-0.4, -0.2) is 4.98 Å². The van der Waals surface area contributed by atoms with Crippen LogP contribution in [0.3, 0.4) is 0 Å². The molecule has 3 rings (SSSR count). The van der Waals surface area contributed by atoms with Gasteiger partial charge in [0.05, 0.1) is 5.69 Å². The van der Waals surface area contributed by atoms with E-state index in [1.54, 1.807) is 0 Å². The quantitative estimate of drug-likeness (QED) is 0.749. The van der Waals surface area contributed by atoms with Crippen molar-refractivity contribution in [3.63, 3.8) is 0 Å². The number of nitrogens with one attached hydrogen (secondary N) is 1. The molecule has 0 bridgehead atoms. The van der Waals surface area contributed by atoms with E-state index in [9.17, 15) is 13.2 Å². The molecule has 7 heteroatoms. The third-order valence-corrected chi connectivity index (χ3v) is 2.86. The van der Waals surface area contributed by atoms with E-state index in [1.165, 1.54) is 18.2 Å². The van der Waals surface area contributed by atoms with Gasteiger partial charge in [0, 0.05) is 5.02 Å². The standard InChI is InChI=1S/C13H6ClF3N2O/c14-6-1-3-9(8(16)5-6)18-13-19-12-10(20-13)4-2-7(15)11(12)17/h1-5H,(H,18,19). The number of benzene rings is 2. The molecular weight excluding hydrogens is 293 g/mol. The molecule has 0 amide bonds. The van der Waals surface area contributed by atoms with E-state index in [0.29, 0.717) is 0 Å². The van der Waals surface area contributed by atoms with Crippen LogP contribution in [0.5, 0.6) is 0 Å². The monoisotopic (exact) mass is 298 g/mol. The summed E-state index contributed by atoms with van der Waals surface area (Å²) in [5.41, 5.74) is -0.149. The zero-order valence-corrected chi connectivity index (χ0v) is 10.5. The van der Waals surface area contributed by atoms with Gasteiger partial charge >= 0.3 is 0 Å². The Morgan fingerprint density at radius 3 is 2.60 bits per heavy atom. The Hall–Kier alpha value is -2.21. The van der Waals surface area contributed by atoms with Crippen molar-refractivity contribution in [1.29, 1.82) is 0 Å². The first-order chi connectivity index (χ1) is 9.54. The van der Waals surface area contributed by atoms with Crippen molar-refractivity contribution in [3.05, 3.63) is 52.8 Å². The first-order valence-corrected chi connectivity index (χ1v) is 5.89. The lowest BCUT2D eigenvalue weighted by Crippen LogP contribution is -1.93. The van der Waals surface area contributed by atoms with E-state index in [4.69, 9.17) is 16.0 Å². The fourth-order valence-corrected chi connectivity index (χ4v) is 1.86. The van der Waals surface area contributed by atoms with E-state index in [-0.39, 0.29) is 27.8 Å². The molecule has 102 valence electrons. The van der Waals surface area contributed by atoms with E-state index in [2.05, 4.69) is 10.3 Å². The Balaban J connectivity index is 2.01. The van der Waals surface area contributed by atoms with Crippen molar-refractivity contribution in [2.75, 3.05) is 5.32 Å². The summed E-state index contributed by atoms with van der Waals surface area (Å²) in [4.78, 5) is 3.74. The van der Waals surface area contributed by atoms with Gasteiger partial charge in [0.15, 0.2) is 22.7 Å². The third kappa shape index (κ3) is 2.18. The van der Waals surface area contributed by atoms with E-state index in [1.807, 2.05) is 0 Å². The van der Waals surface area contributed by atoms with Crippen LogP contribution in [0.2, 0.25) is 5.02 Å². The van der Waals surface area contributed by atoms with Gasteiger partial charge in [0.1, 0.15) is 5.82 Å². The molecule has 0 saturated heterocycles. The lowest BCUT2D eigenvalue weighted by Gasteiger charge is -2.02. The van der Waals surface area contributed by atoms with Gasteiger partial charge in [-0.25, -0.2) is 13.2 Å². The van der Waals surface area contributed by atoms with Crippen LogP contribution in [0.4, 0.5) is 24.9 Å². The normalized spacial score (nSPS) is 11.0. The minimum atomic E-state index is -1.11. The summed E-state index contributed by atoms with van der Waals surface area (Å²) < 4.78 is 45.3. The van der Waals surface area contributed by atoms with Gasteiger partial charge in [-0.3, -0.25) is 0 Å². The molecule has 0 spiro atoms. The fourth-order valence-electron chi connectivity index (χ4n) is 1.70. The van der Waals surface area contributed by atoms with Crippen molar-refractivity contribution >= 4 is 34.4 Å². The SMILES string of the molecule is Fc1cc(Cl)ccc1Nc1nc2c(F)c(F)ccc2o1. The number of hydrogen-bond donors (Lipinski definition) is 1. The number of hydrogen-bond acceptors (Lipinski definition) is 3. The van der Waals surface area contributed by atoms with Gasteiger partial charge in [0.2, 0.25) is 0 Å². The molecule has 3 nitrogen and oxygen atoms in total. The molecule has 1 heterocycles. The van der Waals surface area contributed by atoms with Crippen LogP contribution in [0.25, 0.3) is 11.1 Å². The number of aromatic nitrogens is 1. The molecule has 1 aromatic heterocycles. The molecule has 20 heavy (non-hydrogen) atoms. The molecule has 0 fully saturated rings. The second kappa shape index (κ2) is 4.72. The average molecular weight is 299 g/mol. The second-order valence-corrected chi connectivity index (χ2v) is 4.41. The summed E-state index contributed by atoms with van der Waals surface area (Å²) in [5.74, 6) is -2.77. The summed E-state index contributed by atoms with van der Waals surface area (Å²) in [6.07, 6.45) is 0. The minimum Gasteiger partial charge on any atom is -0.423 e. The number of oxazole rings is 1. The molecule has 0 unspecified atom stereocenters. The molecule has 0 saturated carbocycles. The average Bonchev–Trinajstić information content (AvgIpc) is 2.81. The lowest BCUT2D eigenvalue weighted by molar-refractivity contribution is 0.514. The maximum Gasteiger partial charge on any atom is 0.300 e. The van der Waals surface area contributed by atoms with Crippen molar-refractivity contribution in [2.24, 2.45) is 0 Å². The Bertz CT molecular complexity index is 804. The Morgan fingerprint density at radius 1 is 1.05 bits per heavy atom. The van der Waals surface area contributed by atoms with Crippen molar-refractivity contribution in [2.45, 2.75) is 0 Å². The van der Waals surface area contributed by atoms with Gasteiger partial charge in [-0.1, -0.05) is 11.6 Å². The molecule has 0 aliphatic carbocycles. The van der Waals surface area contributed by atoms with Crippen LogP contribution in [-0.2, 0) is 0 Å². The van der Waals surface area contributed by atoms with Crippen LogP contribution in [0.15, 0.2) is 34.7 Å². The van der Waals surface area contributed by atoms with Crippen LogP contribution >= 0.6 is 11.6 Å². The third-order valence-electron chi connectivity index (χ3n) is 2.62. The zero-order valence-electron chi connectivity index (χ0n) is 9.75. The van der Waals surface area contributed by atoms with Crippen molar-refractivity contribution < 1.29 is 17.6 Å². The highest BCUT2D eigenvalue weighted by molar-refractivity contribution is 6.30. The topological polar surface area (TPSA) is 38.1 Å². The smallest absolute Gasteiger partial charge is 0.300 e. The van der Waals surface area contributed by atoms with Gasteiger partial charge in [0.25, 0.3) is 6.01 Å². The molecule has 2 aromatic carbocycles. The lowest BCUT2D eigenvalue weighted by atomic mass is 10.3. The van der Waals surface area contributed by atoms with Crippen LogP contribution in [0.1, 0.15) is 0 Å². The predicted molar refractivity (Wildman–Crippen MR) is 68.6 cm³/mol. The number of halogens is 4. The van der Waals surface area contributed by atoms with Crippen molar-refractivity contribution in [1.82, 2.24) is 4.98 Å². The van der Waals surface area contributed by atoms with Gasteiger partial charge in [-0.15, -0.1) is 0 Å². The van der Waals surface area contributed by atoms with E-state index in [0.717, 1.165) is 12.1 Å². The minimum absolute atomic E-state index is 0.0563. The molecule has 0 radical (unpaired) electrons. The van der Waals surface area contributed by atoms with Gasteiger partial charge in [-0.2, -0.15) is 4.98 Å². The number of fused-ring (bicyclic) bond motifs is 1. The van der Waals surface area contributed by atoms with Crippen molar-refractivity contribution in [3.8, 4) is 0 Å². The zero-order chi connectivity index (χ0) is 14.3. The summed E-state index contributed by atoms with van der Waals surface area (Å²) >= 11 is 5.62. The maximum atomic E-state index is 13.6. The van der Waals surface area contributed by atoms with Gasteiger partial charge in [-0.05, 0) is 30.3 Å². The highest BCUT2D eigenvalue weighted by Crippen LogP contribution is 2.27. The molecule has 0 atom stereocenters. The number of anilines is 2. The summed E-state index contributed by atoms with van der Waals surface area (Å²) in [7, 11) is 0. The fraction of sp³-hybridized carbons (Fsp3) is 0. The summed E-state index contributed by atoms with van der Waals surface area (Å²) in [6.45, 7) is 0. The Kier molecular flexibility index (Phi) is 3.02. The van der Waals surface area contributed by atoms with E-state index >= 15 is 0 Å². The second-order valence-electron chi connectivity index (χ2n) is 3.98. The summed E-state index contributed by atoms with van der Waals surface area (Å²) in [5, 5.41) is 2.77. The van der Waals surface area contributed by atoms with Gasteiger partial charge < -0.3 is 9.73 Å².